The van der Waals surface area contributed by atoms with Crippen LogP contribution in [-0.2, 0) is 4.79 Å². The summed E-state index contributed by atoms with van der Waals surface area (Å²) in [5.74, 6) is 0.582. The van der Waals surface area contributed by atoms with Crippen molar-refractivity contribution in [3.8, 4) is 10.6 Å². The summed E-state index contributed by atoms with van der Waals surface area (Å²) in [5, 5.41) is 3.97. The van der Waals surface area contributed by atoms with Gasteiger partial charge >= 0.3 is 0 Å². The third-order valence-electron chi connectivity index (χ3n) is 6.34. The molecule has 0 atom stereocenters. The quantitative estimate of drug-likeness (QED) is 0.715. The second-order valence-electron chi connectivity index (χ2n) is 8.64. The van der Waals surface area contributed by atoms with Crippen LogP contribution in [0.1, 0.15) is 47.5 Å². The molecule has 1 N–H and O–H groups in total. The number of carbonyl (C=O) groups excluding carboxylic acids is 2. The molecule has 3 heterocycles. The molecule has 7 heteroatoms. The zero-order valence-electron chi connectivity index (χ0n) is 18.3. The number of rotatable bonds is 7. The molecule has 0 saturated carbocycles. The number of hydrogen-bond donors (Lipinski definition) is 1. The van der Waals surface area contributed by atoms with Crippen LogP contribution in [0.5, 0.6) is 0 Å². The van der Waals surface area contributed by atoms with Gasteiger partial charge < -0.3 is 15.1 Å². The Morgan fingerprint density at radius 3 is 2.52 bits per heavy atom. The van der Waals surface area contributed by atoms with Gasteiger partial charge in [0, 0.05) is 38.2 Å². The highest BCUT2D eigenvalue weighted by molar-refractivity contribution is 7.17. The van der Waals surface area contributed by atoms with E-state index in [4.69, 9.17) is 0 Å². The van der Waals surface area contributed by atoms with Gasteiger partial charge in [0.05, 0.1) is 5.69 Å². The van der Waals surface area contributed by atoms with Crippen LogP contribution >= 0.6 is 11.3 Å². The van der Waals surface area contributed by atoms with E-state index in [0.29, 0.717) is 25.4 Å². The Morgan fingerprint density at radius 1 is 1.10 bits per heavy atom. The second kappa shape index (κ2) is 10.4. The lowest BCUT2D eigenvalue weighted by Gasteiger charge is -2.31. The molecule has 4 rings (SSSR count). The van der Waals surface area contributed by atoms with Crippen LogP contribution in [-0.4, -0.2) is 65.9 Å². The number of nitrogens with zero attached hydrogens (tertiary/aromatic N) is 3. The van der Waals surface area contributed by atoms with Gasteiger partial charge in [0.15, 0.2) is 0 Å². The summed E-state index contributed by atoms with van der Waals surface area (Å²) >= 11 is 1.47. The van der Waals surface area contributed by atoms with E-state index in [0.717, 1.165) is 60.2 Å². The standard InChI is InChI=1S/C24H32N4O2S/c1-18-22(31-23(26-18)20-7-3-2-4-8-20)24(30)28-14-9-19(10-15-28)17-21(29)25-11-16-27-12-5-6-13-27/h2-4,7-8,19H,5-6,9-17H2,1H3,(H,25,29). The van der Waals surface area contributed by atoms with E-state index in [1.807, 2.05) is 42.2 Å². The molecule has 6 nitrogen and oxygen atoms in total. The van der Waals surface area contributed by atoms with Gasteiger partial charge in [-0.1, -0.05) is 30.3 Å². The number of hydrogen-bond acceptors (Lipinski definition) is 5. The zero-order chi connectivity index (χ0) is 21.6. The second-order valence-corrected chi connectivity index (χ2v) is 9.64. The van der Waals surface area contributed by atoms with Gasteiger partial charge in [-0.3, -0.25) is 9.59 Å². The van der Waals surface area contributed by atoms with Crippen molar-refractivity contribution in [2.45, 2.75) is 39.0 Å². The average molecular weight is 441 g/mol. The largest absolute Gasteiger partial charge is 0.355 e. The van der Waals surface area contributed by atoms with Gasteiger partial charge in [-0.2, -0.15) is 0 Å². The van der Waals surface area contributed by atoms with Crippen LogP contribution in [0, 0.1) is 12.8 Å². The van der Waals surface area contributed by atoms with Crippen LogP contribution in [0.2, 0.25) is 0 Å². The van der Waals surface area contributed by atoms with Crippen LogP contribution in [0.25, 0.3) is 10.6 Å². The molecule has 0 unspecified atom stereocenters. The van der Waals surface area contributed by atoms with Crippen molar-refractivity contribution in [1.82, 2.24) is 20.1 Å². The molecule has 2 aromatic rings. The Labute approximate surface area is 188 Å². The predicted octanol–water partition coefficient (Wildman–Crippen LogP) is 3.57. The average Bonchev–Trinajstić information content (AvgIpc) is 3.44. The fourth-order valence-electron chi connectivity index (χ4n) is 4.48. The van der Waals surface area contributed by atoms with E-state index in [9.17, 15) is 9.59 Å². The highest BCUT2D eigenvalue weighted by Gasteiger charge is 2.27. The Bertz CT molecular complexity index is 884. The molecule has 1 aromatic heterocycles. The summed E-state index contributed by atoms with van der Waals surface area (Å²) < 4.78 is 0. The molecule has 0 spiro atoms. The molecular formula is C24H32N4O2S. The van der Waals surface area contributed by atoms with Crippen molar-refractivity contribution in [2.75, 3.05) is 39.3 Å². The van der Waals surface area contributed by atoms with Crippen LogP contribution in [0.4, 0.5) is 0 Å². The number of amides is 2. The Hall–Kier alpha value is -2.25. The molecule has 31 heavy (non-hydrogen) atoms. The zero-order valence-corrected chi connectivity index (χ0v) is 19.1. The van der Waals surface area contributed by atoms with E-state index in [1.54, 1.807) is 0 Å². The lowest BCUT2D eigenvalue weighted by molar-refractivity contribution is -0.122. The molecule has 2 fully saturated rings. The van der Waals surface area contributed by atoms with E-state index in [-0.39, 0.29) is 11.8 Å². The maximum Gasteiger partial charge on any atom is 0.265 e. The van der Waals surface area contributed by atoms with Crippen LogP contribution in [0.3, 0.4) is 0 Å². The molecule has 1 aromatic carbocycles. The Kier molecular flexibility index (Phi) is 7.35. The molecule has 0 aliphatic carbocycles. The van der Waals surface area contributed by atoms with Crippen molar-refractivity contribution in [3.63, 3.8) is 0 Å². The Morgan fingerprint density at radius 2 is 1.81 bits per heavy atom. The van der Waals surface area contributed by atoms with Crippen molar-refractivity contribution in [2.24, 2.45) is 5.92 Å². The number of piperidine rings is 1. The van der Waals surface area contributed by atoms with Gasteiger partial charge in [-0.05, 0) is 51.6 Å². The maximum absolute atomic E-state index is 13.1. The third-order valence-corrected chi connectivity index (χ3v) is 7.53. The van der Waals surface area contributed by atoms with E-state index in [2.05, 4.69) is 15.2 Å². The van der Waals surface area contributed by atoms with Crippen molar-refractivity contribution in [3.05, 3.63) is 40.9 Å². The first-order chi connectivity index (χ1) is 15.1. The fraction of sp³-hybridized carbons (Fsp3) is 0.542. The maximum atomic E-state index is 13.1. The van der Waals surface area contributed by atoms with Crippen molar-refractivity contribution < 1.29 is 9.59 Å². The van der Waals surface area contributed by atoms with Gasteiger partial charge in [-0.15, -0.1) is 11.3 Å². The Balaban J connectivity index is 1.23. The van der Waals surface area contributed by atoms with Gasteiger partial charge in [0.25, 0.3) is 5.91 Å². The van der Waals surface area contributed by atoms with Crippen molar-refractivity contribution in [1.29, 1.82) is 0 Å². The van der Waals surface area contributed by atoms with Crippen LogP contribution < -0.4 is 5.32 Å². The van der Waals surface area contributed by atoms with Gasteiger partial charge in [0.1, 0.15) is 9.88 Å². The molecule has 166 valence electrons. The number of likely N-dealkylation sites (tertiary alicyclic amines) is 2. The molecule has 2 aliphatic heterocycles. The fourth-order valence-corrected chi connectivity index (χ4v) is 5.52. The summed E-state index contributed by atoms with van der Waals surface area (Å²) in [5.41, 5.74) is 1.84. The van der Waals surface area contributed by atoms with E-state index in [1.165, 1.54) is 24.2 Å². The van der Waals surface area contributed by atoms with Crippen molar-refractivity contribution >= 4 is 23.2 Å². The van der Waals surface area contributed by atoms with E-state index < -0.39 is 0 Å². The first-order valence-corrected chi connectivity index (χ1v) is 12.2. The highest BCUT2D eigenvalue weighted by Crippen LogP contribution is 2.30. The minimum Gasteiger partial charge on any atom is -0.355 e. The number of nitrogens with one attached hydrogen (secondary N) is 1. The minimum absolute atomic E-state index is 0.0747. The lowest BCUT2D eigenvalue weighted by atomic mass is 9.93. The number of aryl methyl sites for hydroxylation is 1. The summed E-state index contributed by atoms with van der Waals surface area (Å²) in [4.78, 5) is 35.1. The van der Waals surface area contributed by atoms with Crippen LogP contribution in [0.15, 0.2) is 30.3 Å². The monoisotopic (exact) mass is 440 g/mol. The van der Waals surface area contributed by atoms with Gasteiger partial charge in [0.2, 0.25) is 5.91 Å². The predicted molar refractivity (Wildman–Crippen MR) is 124 cm³/mol. The topological polar surface area (TPSA) is 65.5 Å². The first kappa shape index (κ1) is 22.0. The number of benzene rings is 1. The van der Waals surface area contributed by atoms with E-state index >= 15 is 0 Å². The summed E-state index contributed by atoms with van der Waals surface area (Å²) in [7, 11) is 0. The summed E-state index contributed by atoms with van der Waals surface area (Å²) in [6.07, 6.45) is 4.89. The number of aromatic nitrogens is 1. The van der Waals surface area contributed by atoms with Gasteiger partial charge in [-0.25, -0.2) is 4.98 Å². The highest BCUT2D eigenvalue weighted by atomic mass is 32.1. The minimum atomic E-state index is 0.0747. The summed E-state index contributed by atoms with van der Waals surface area (Å²) in [6, 6.07) is 10.00. The third kappa shape index (κ3) is 5.71. The number of thiazole rings is 1. The first-order valence-electron chi connectivity index (χ1n) is 11.4. The SMILES string of the molecule is Cc1nc(-c2ccccc2)sc1C(=O)N1CCC(CC(=O)NCCN2CCCC2)CC1. The molecular weight excluding hydrogens is 408 g/mol. The number of carbonyl (C=O) groups is 2. The molecule has 0 radical (unpaired) electrons. The smallest absolute Gasteiger partial charge is 0.265 e. The summed E-state index contributed by atoms with van der Waals surface area (Å²) in [6.45, 7) is 7.35. The molecule has 2 amide bonds. The molecule has 2 aliphatic rings. The normalized spacial score (nSPS) is 17.8. The molecule has 2 saturated heterocycles. The lowest BCUT2D eigenvalue weighted by Crippen LogP contribution is -2.40. The molecule has 0 bridgehead atoms.